The van der Waals surface area contributed by atoms with Crippen molar-refractivity contribution in [3.8, 4) is 11.5 Å². The number of carbonyl (C=O) groups is 1. The van der Waals surface area contributed by atoms with Crippen LogP contribution in [0.25, 0.3) is 0 Å². The van der Waals surface area contributed by atoms with Crippen molar-refractivity contribution in [1.29, 1.82) is 0 Å². The molecule has 0 fully saturated rings. The van der Waals surface area contributed by atoms with Crippen LogP contribution in [0, 0.1) is 0 Å². The van der Waals surface area contributed by atoms with Crippen molar-refractivity contribution in [1.82, 2.24) is 0 Å². The summed E-state index contributed by atoms with van der Waals surface area (Å²) in [6, 6.07) is 5.51. The van der Waals surface area contributed by atoms with Gasteiger partial charge in [0.1, 0.15) is 10.6 Å². The molecule has 2 rings (SSSR count). The van der Waals surface area contributed by atoms with Gasteiger partial charge >= 0.3 is 6.16 Å². The van der Waals surface area contributed by atoms with Crippen molar-refractivity contribution in [3.63, 3.8) is 0 Å². The normalized spacial score (nSPS) is 12.4. The fraction of sp³-hybridized carbons (Fsp3) is 0. The largest absolute Gasteiger partial charge is 0.519 e. The minimum Gasteiger partial charge on any atom is -0.395 e. The first-order valence-electron chi connectivity index (χ1n) is 6.74. The molecule has 0 saturated heterocycles. The van der Waals surface area contributed by atoms with Gasteiger partial charge < -0.3 is 9.47 Å². The number of rotatable bonds is 5. The molecule has 2 aromatic carbocycles. The van der Waals surface area contributed by atoms with Gasteiger partial charge in [0, 0.05) is 0 Å². The highest BCUT2D eigenvalue weighted by atomic mass is 32.2. The summed E-state index contributed by atoms with van der Waals surface area (Å²) in [5.41, 5.74) is 0. The number of hydrogen-bond donors (Lipinski definition) is 3. The summed E-state index contributed by atoms with van der Waals surface area (Å²) >= 11 is 0. The average molecular weight is 454 g/mol. The lowest BCUT2D eigenvalue weighted by Crippen LogP contribution is -2.16. The molecule has 28 heavy (non-hydrogen) atoms. The zero-order chi connectivity index (χ0) is 21.3. The molecule has 0 radical (unpaired) electrons. The molecule has 15 heteroatoms. The van der Waals surface area contributed by atoms with Crippen molar-refractivity contribution in [2.75, 3.05) is 0 Å². The molecular weight excluding hydrogens is 444 g/mol. The lowest BCUT2D eigenvalue weighted by atomic mass is 10.3. The fourth-order valence-corrected chi connectivity index (χ4v) is 3.52. The van der Waals surface area contributed by atoms with Crippen molar-refractivity contribution < 1.29 is 53.2 Å². The summed E-state index contributed by atoms with van der Waals surface area (Å²) in [6.07, 6.45) is -1.52. The van der Waals surface area contributed by atoms with Crippen LogP contribution in [0.1, 0.15) is 0 Å². The topological polar surface area (TPSA) is 199 Å². The van der Waals surface area contributed by atoms with Gasteiger partial charge in [-0.25, -0.2) is 4.79 Å². The molecule has 3 N–H and O–H groups in total. The fourth-order valence-electron chi connectivity index (χ4n) is 1.82. The summed E-state index contributed by atoms with van der Waals surface area (Å²) in [4.78, 5) is 9.26. The molecule has 0 aliphatic rings. The van der Waals surface area contributed by atoms with E-state index in [2.05, 4.69) is 9.47 Å². The van der Waals surface area contributed by atoms with E-state index in [0.29, 0.717) is 18.2 Å². The van der Waals surface area contributed by atoms with Gasteiger partial charge in [-0.2, -0.15) is 25.3 Å². The maximum atomic E-state index is 11.8. The third kappa shape index (κ3) is 5.47. The first-order valence-corrected chi connectivity index (χ1v) is 11.1. The first-order chi connectivity index (χ1) is 12.7. The van der Waals surface area contributed by atoms with Crippen LogP contribution < -0.4 is 9.47 Å². The third-order valence-corrected chi connectivity index (χ3v) is 5.60. The van der Waals surface area contributed by atoms with Gasteiger partial charge in [0.05, 0.1) is 9.79 Å². The van der Waals surface area contributed by atoms with Gasteiger partial charge in [0.2, 0.25) is 0 Å². The predicted molar refractivity (Wildman–Crippen MR) is 89.0 cm³/mol. The van der Waals surface area contributed by atoms with E-state index in [0.717, 1.165) is 24.3 Å². The molecule has 12 nitrogen and oxygen atoms in total. The van der Waals surface area contributed by atoms with Gasteiger partial charge in [-0.05, 0) is 42.5 Å². The van der Waals surface area contributed by atoms with Gasteiger partial charge in [-0.1, -0.05) is 0 Å². The van der Waals surface area contributed by atoms with Crippen molar-refractivity contribution >= 4 is 36.5 Å². The average Bonchev–Trinajstić information content (AvgIpc) is 2.52. The van der Waals surface area contributed by atoms with E-state index < -0.39 is 56.9 Å². The van der Waals surface area contributed by atoms with E-state index in [9.17, 15) is 30.0 Å². The van der Waals surface area contributed by atoms with Crippen LogP contribution in [0.2, 0.25) is 0 Å². The minimum absolute atomic E-state index is 0.250. The van der Waals surface area contributed by atoms with Crippen molar-refractivity contribution in [2.45, 2.75) is 14.7 Å². The van der Waals surface area contributed by atoms with Crippen LogP contribution in [-0.4, -0.2) is 45.1 Å². The summed E-state index contributed by atoms with van der Waals surface area (Å²) < 4.78 is 103. The van der Waals surface area contributed by atoms with E-state index in [1.54, 1.807) is 0 Å². The minimum atomic E-state index is -5.06. The highest BCUT2D eigenvalue weighted by Gasteiger charge is 2.23. The zero-order valence-electron chi connectivity index (χ0n) is 13.3. The second-order valence-electron chi connectivity index (χ2n) is 4.96. The lowest BCUT2D eigenvalue weighted by molar-refractivity contribution is 0.150. The van der Waals surface area contributed by atoms with Crippen LogP contribution >= 0.6 is 0 Å². The Morgan fingerprint density at radius 2 is 1.18 bits per heavy atom. The smallest absolute Gasteiger partial charge is 0.395 e. The van der Waals surface area contributed by atoms with Crippen molar-refractivity contribution in [3.05, 3.63) is 42.5 Å². The van der Waals surface area contributed by atoms with Crippen LogP contribution in [-0.2, 0) is 30.4 Å². The molecule has 2 aromatic rings. The molecule has 0 unspecified atom stereocenters. The monoisotopic (exact) mass is 454 g/mol. The molecule has 0 aliphatic heterocycles. The first kappa shape index (κ1) is 21.7. The molecule has 0 bridgehead atoms. The standard InChI is InChI=1S/C13H10O12S3/c14-13(24-8-1-3-9(4-2-8)26(15,16)17)25-11-6-5-10(27(18,19)20)7-12(11)28(21,22)23/h1-7H,(H,15,16,17)(H,18,19,20)(H,21,22,23). The summed E-state index contributed by atoms with van der Waals surface area (Å²) in [5, 5.41) is 0. The zero-order valence-corrected chi connectivity index (χ0v) is 15.7. The molecule has 0 aliphatic carbocycles. The van der Waals surface area contributed by atoms with Crippen molar-refractivity contribution in [2.24, 2.45) is 0 Å². The summed E-state index contributed by atoms with van der Waals surface area (Å²) in [6.45, 7) is 0. The van der Waals surface area contributed by atoms with E-state index in [-0.39, 0.29) is 5.75 Å². The maximum absolute atomic E-state index is 11.8. The van der Waals surface area contributed by atoms with E-state index in [1.165, 1.54) is 0 Å². The van der Waals surface area contributed by atoms with Gasteiger partial charge in [0.25, 0.3) is 30.4 Å². The molecule has 0 spiro atoms. The molecule has 0 amide bonds. The Bertz CT molecular complexity index is 1230. The second kappa shape index (κ2) is 7.46. The van der Waals surface area contributed by atoms with Crippen LogP contribution in [0.4, 0.5) is 4.79 Å². The Hall–Kier alpha value is -2.56. The Kier molecular flexibility index (Phi) is 5.79. The quantitative estimate of drug-likeness (QED) is 0.329. The Morgan fingerprint density at radius 3 is 1.64 bits per heavy atom. The molecule has 0 aromatic heterocycles. The molecule has 0 atom stereocenters. The van der Waals surface area contributed by atoms with E-state index in [1.807, 2.05) is 0 Å². The lowest BCUT2D eigenvalue weighted by Gasteiger charge is -2.09. The molecule has 0 saturated carbocycles. The number of hydrogen-bond acceptors (Lipinski definition) is 9. The SMILES string of the molecule is O=C(Oc1ccc(S(=O)(=O)O)cc1)Oc1ccc(S(=O)(=O)O)cc1S(=O)(=O)O. The van der Waals surface area contributed by atoms with Gasteiger partial charge in [-0.15, -0.1) is 0 Å². The van der Waals surface area contributed by atoms with Crippen LogP contribution in [0.3, 0.4) is 0 Å². The van der Waals surface area contributed by atoms with E-state index in [4.69, 9.17) is 13.7 Å². The Balaban J connectivity index is 2.28. The highest BCUT2D eigenvalue weighted by molar-refractivity contribution is 7.86. The molecule has 152 valence electrons. The third-order valence-electron chi connectivity index (χ3n) is 3.01. The second-order valence-corrected chi connectivity index (χ2v) is 9.19. The number of ether oxygens (including phenoxy) is 2. The van der Waals surface area contributed by atoms with Gasteiger partial charge in [-0.3, -0.25) is 13.7 Å². The van der Waals surface area contributed by atoms with Gasteiger partial charge in [0.15, 0.2) is 5.75 Å². The van der Waals surface area contributed by atoms with E-state index >= 15 is 0 Å². The Labute approximate surface area is 158 Å². The maximum Gasteiger partial charge on any atom is 0.519 e. The highest BCUT2D eigenvalue weighted by Crippen LogP contribution is 2.27. The molecule has 0 heterocycles. The summed E-state index contributed by atoms with van der Waals surface area (Å²) in [7, 11) is -14.3. The molecular formula is C13H10O12S3. The predicted octanol–water partition coefficient (Wildman–Crippen LogP) is 1.00. The Morgan fingerprint density at radius 1 is 0.679 bits per heavy atom. The van der Waals surface area contributed by atoms with Crippen LogP contribution in [0.5, 0.6) is 11.5 Å². The number of benzene rings is 2. The summed E-state index contributed by atoms with van der Waals surface area (Å²) in [5.74, 6) is -1.06. The number of carbonyl (C=O) groups excluding carboxylic acids is 1. The van der Waals surface area contributed by atoms with Crippen LogP contribution in [0.15, 0.2) is 57.2 Å².